The topological polar surface area (TPSA) is 61.8 Å². The SMILES string of the molecule is Cc1c(OC(=O)COc2c(F)c(F)c(F)c(F)c2F)ccc2c1O/C(=C\c1ccccc1)C2=O. The van der Waals surface area contributed by atoms with E-state index in [1.165, 1.54) is 19.1 Å². The molecule has 174 valence electrons. The van der Waals surface area contributed by atoms with E-state index in [2.05, 4.69) is 4.74 Å². The molecule has 0 saturated carbocycles. The van der Waals surface area contributed by atoms with Crippen molar-refractivity contribution in [2.75, 3.05) is 6.61 Å². The van der Waals surface area contributed by atoms with Gasteiger partial charge in [-0.05, 0) is 30.7 Å². The molecule has 1 heterocycles. The van der Waals surface area contributed by atoms with Gasteiger partial charge in [-0.1, -0.05) is 30.3 Å². The molecule has 3 aromatic carbocycles. The first-order valence-electron chi connectivity index (χ1n) is 9.66. The van der Waals surface area contributed by atoms with Crippen molar-refractivity contribution in [1.29, 1.82) is 0 Å². The minimum absolute atomic E-state index is 0.0569. The van der Waals surface area contributed by atoms with Crippen molar-refractivity contribution >= 4 is 17.8 Å². The number of carbonyl (C=O) groups excluding carboxylic acids is 2. The lowest BCUT2D eigenvalue weighted by Gasteiger charge is -2.12. The van der Waals surface area contributed by atoms with Crippen LogP contribution < -0.4 is 14.2 Å². The average molecular weight is 476 g/mol. The molecule has 1 aliphatic heterocycles. The second kappa shape index (κ2) is 8.97. The van der Waals surface area contributed by atoms with Crippen LogP contribution in [-0.4, -0.2) is 18.4 Å². The van der Waals surface area contributed by atoms with Gasteiger partial charge in [-0.15, -0.1) is 0 Å². The molecule has 0 radical (unpaired) electrons. The van der Waals surface area contributed by atoms with Crippen LogP contribution in [0.2, 0.25) is 0 Å². The summed E-state index contributed by atoms with van der Waals surface area (Å²) < 4.78 is 82.1. The molecule has 4 rings (SSSR count). The van der Waals surface area contributed by atoms with Gasteiger partial charge in [0, 0.05) is 5.56 Å². The number of hydrogen-bond donors (Lipinski definition) is 0. The number of ether oxygens (including phenoxy) is 3. The quantitative estimate of drug-likeness (QED) is 0.125. The number of rotatable bonds is 5. The Kier molecular flexibility index (Phi) is 6.06. The average Bonchev–Trinajstić information content (AvgIpc) is 3.14. The van der Waals surface area contributed by atoms with Crippen LogP contribution >= 0.6 is 0 Å². The first-order chi connectivity index (χ1) is 16.2. The standard InChI is InChI=1S/C24H13F5O5/c1-11-14(33-16(30)10-32-24-20(28)18(26)17(25)19(27)21(24)29)8-7-13-22(31)15(34-23(11)13)9-12-5-3-2-4-6-12/h2-9H,10H2,1H3/b15-9-. The van der Waals surface area contributed by atoms with E-state index in [1.54, 1.807) is 30.3 Å². The molecule has 5 nitrogen and oxygen atoms in total. The van der Waals surface area contributed by atoms with Crippen molar-refractivity contribution < 1.29 is 45.8 Å². The molecule has 3 aromatic rings. The Morgan fingerprint density at radius 2 is 1.53 bits per heavy atom. The predicted molar refractivity (Wildman–Crippen MR) is 108 cm³/mol. The summed E-state index contributed by atoms with van der Waals surface area (Å²) in [6.45, 7) is 0.346. The monoisotopic (exact) mass is 476 g/mol. The second-order valence-corrected chi connectivity index (χ2v) is 7.08. The fourth-order valence-corrected chi connectivity index (χ4v) is 3.17. The van der Waals surface area contributed by atoms with E-state index >= 15 is 0 Å². The molecule has 34 heavy (non-hydrogen) atoms. The van der Waals surface area contributed by atoms with Crippen molar-refractivity contribution in [1.82, 2.24) is 0 Å². The van der Waals surface area contributed by atoms with Crippen LogP contribution in [0.4, 0.5) is 22.0 Å². The fourth-order valence-electron chi connectivity index (χ4n) is 3.17. The van der Waals surface area contributed by atoms with Gasteiger partial charge in [-0.3, -0.25) is 4.79 Å². The lowest BCUT2D eigenvalue weighted by Crippen LogP contribution is -2.20. The van der Waals surface area contributed by atoms with Gasteiger partial charge >= 0.3 is 5.97 Å². The summed E-state index contributed by atoms with van der Waals surface area (Å²) in [4.78, 5) is 24.7. The lowest BCUT2D eigenvalue weighted by molar-refractivity contribution is -0.136. The highest BCUT2D eigenvalue weighted by molar-refractivity contribution is 6.15. The number of fused-ring (bicyclic) bond motifs is 1. The number of ketones is 1. The van der Waals surface area contributed by atoms with Crippen LogP contribution in [0.25, 0.3) is 6.08 Å². The molecule has 0 N–H and O–H groups in total. The van der Waals surface area contributed by atoms with Gasteiger partial charge in [0.05, 0.1) is 5.56 Å². The highest BCUT2D eigenvalue weighted by Gasteiger charge is 2.31. The molecule has 0 saturated heterocycles. The normalized spacial score (nSPS) is 13.6. The second-order valence-electron chi connectivity index (χ2n) is 7.08. The van der Waals surface area contributed by atoms with E-state index in [9.17, 15) is 31.5 Å². The Hall–Kier alpha value is -4.21. The first kappa shape index (κ1) is 23.0. The summed E-state index contributed by atoms with van der Waals surface area (Å²) in [6, 6.07) is 11.6. The predicted octanol–water partition coefficient (Wildman–Crippen LogP) is 5.29. The van der Waals surface area contributed by atoms with Crippen molar-refractivity contribution in [2.24, 2.45) is 0 Å². The minimum atomic E-state index is -2.35. The summed E-state index contributed by atoms with van der Waals surface area (Å²) >= 11 is 0. The fraction of sp³-hybridized carbons (Fsp3) is 0.0833. The van der Waals surface area contributed by atoms with E-state index in [0.717, 1.165) is 5.56 Å². The molecular formula is C24H13F5O5. The summed E-state index contributed by atoms with van der Waals surface area (Å²) in [5, 5.41) is 0. The van der Waals surface area contributed by atoms with E-state index in [-0.39, 0.29) is 34.2 Å². The van der Waals surface area contributed by atoms with Crippen molar-refractivity contribution in [3.8, 4) is 17.2 Å². The van der Waals surface area contributed by atoms with Gasteiger partial charge in [-0.2, -0.15) is 8.78 Å². The van der Waals surface area contributed by atoms with Crippen molar-refractivity contribution in [3.05, 3.63) is 94.0 Å². The molecule has 0 bridgehead atoms. The number of esters is 1. The molecule has 0 fully saturated rings. The van der Waals surface area contributed by atoms with Crippen LogP contribution in [0.5, 0.6) is 17.2 Å². The molecule has 0 spiro atoms. The maximum atomic E-state index is 13.7. The zero-order valence-electron chi connectivity index (χ0n) is 17.3. The molecular weight excluding hydrogens is 463 g/mol. The van der Waals surface area contributed by atoms with Crippen LogP contribution in [0.1, 0.15) is 21.5 Å². The Balaban J connectivity index is 1.50. The number of halogens is 5. The number of allylic oxidation sites excluding steroid dienone is 1. The minimum Gasteiger partial charge on any atom is -0.476 e. The Labute approximate surface area is 189 Å². The molecule has 0 unspecified atom stereocenters. The van der Waals surface area contributed by atoms with E-state index < -0.39 is 47.4 Å². The molecule has 0 aromatic heterocycles. The van der Waals surface area contributed by atoms with Gasteiger partial charge in [0.2, 0.25) is 34.9 Å². The van der Waals surface area contributed by atoms with Gasteiger partial charge in [0.25, 0.3) is 0 Å². The largest absolute Gasteiger partial charge is 0.476 e. The molecule has 0 atom stereocenters. The molecule has 0 amide bonds. The van der Waals surface area contributed by atoms with Crippen LogP contribution in [0, 0.1) is 36.0 Å². The molecule has 1 aliphatic rings. The van der Waals surface area contributed by atoms with Gasteiger partial charge in [0.1, 0.15) is 11.5 Å². The molecule has 0 aliphatic carbocycles. The maximum absolute atomic E-state index is 13.7. The summed E-state index contributed by atoms with van der Waals surface area (Å²) in [5.74, 6) is -14.2. The smallest absolute Gasteiger partial charge is 0.349 e. The Bertz CT molecular complexity index is 1320. The van der Waals surface area contributed by atoms with E-state index in [0.29, 0.717) is 0 Å². The third-order valence-corrected chi connectivity index (χ3v) is 4.86. The van der Waals surface area contributed by atoms with Gasteiger partial charge in [-0.25, -0.2) is 18.0 Å². The zero-order valence-corrected chi connectivity index (χ0v) is 17.3. The van der Waals surface area contributed by atoms with Crippen molar-refractivity contribution in [3.63, 3.8) is 0 Å². The van der Waals surface area contributed by atoms with Crippen LogP contribution in [0.15, 0.2) is 48.2 Å². The Morgan fingerprint density at radius 3 is 2.18 bits per heavy atom. The van der Waals surface area contributed by atoms with E-state index in [1.807, 2.05) is 6.07 Å². The highest BCUT2D eigenvalue weighted by atomic mass is 19.2. The summed E-state index contributed by atoms with van der Waals surface area (Å²) in [6.07, 6.45) is 1.55. The Morgan fingerprint density at radius 1 is 0.912 bits per heavy atom. The summed E-state index contributed by atoms with van der Waals surface area (Å²) in [7, 11) is 0. The number of benzene rings is 3. The molecule has 10 heteroatoms. The number of hydrogen-bond acceptors (Lipinski definition) is 5. The third-order valence-electron chi connectivity index (χ3n) is 4.86. The van der Waals surface area contributed by atoms with Crippen molar-refractivity contribution in [2.45, 2.75) is 6.92 Å². The first-order valence-corrected chi connectivity index (χ1v) is 9.66. The number of carbonyl (C=O) groups is 2. The van der Waals surface area contributed by atoms with E-state index in [4.69, 9.17) is 9.47 Å². The maximum Gasteiger partial charge on any atom is 0.349 e. The van der Waals surface area contributed by atoms with Crippen LogP contribution in [-0.2, 0) is 4.79 Å². The van der Waals surface area contributed by atoms with Gasteiger partial charge in [0.15, 0.2) is 18.1 Å². The summed E-state index contributed by atoms with van der Waals surface area (Å²) in [5.41, 5.74) is 1.23. The third kappa shape index (κ3) is 4.09. The highest BCUT2D eigenvalue weighted by Crippen LogP contribution is 2.39. The zero-order chi connectivity index (χ0) is 24.6. The van der Waals surface area contributed by atoms with Gasteiger partial charge < -0.3 is 14.2 Å². The number of Topliss-reactive ketones (excluding diaryl/α,β-unsaturated/α-hetero) is 1. The lowest BCUT2D eigenvalue weighted by atomic mass is 10.1. The van der Waals surface area contributed by atoms with Crippen LogP contribution in [0.3, 0.4) is 0 Å².